The summed E-state index contributed by atoms with van der Waals surface area (Å²) in [7, 11) is 4.08. The molecule has 0 aliphatic heterocycles. The van der Waals surface area contributed by atoms with Crippen molar-refractivity contribution in [3.05, 3.63) is 0 Å². The van der Waals surface area contributed by atoms with Crippen LogP contribution in [0.3, 0.4) is 0 Å². The minimum absolute atomic E-state index is 0.774. The highest BCUT2D eigenvalue weighted by atomic mass is 33.1. The lowest BCUT2D eigenvalue weighted by molar-refractivity contribution is 0.640. The average molecular weight is 206 g/mol. The van der Waals surface area contributed by atoms with Crippen LogP contribution in [0.5, 0.6) is 0 Å². The quantitative estimate of drug-likeness (QED) is 0.609. The molecule has 0 radical (unpaired) electrons. The van der Waals surface area contributed by atoms with Crippen molar-refractivity contribution in [2.45, 2.75) is 52.0 Å². The predicted octanol–water partition coefficient (Wildman–Crippen LogP) is 4.46. The van der Waals surface area contributed by atoms with Gasteiger partial charge in [0.1, 0.15) is 0 Å². The van der Waals surface area contributed by atoms with Crippen LogP contribution in [0.25, 0.3) is 0 Å². The van der Waals surface area contributed by atoms with Crippen LogP contribution in [-0.4, -0.2) is 10.5 Å². The highest BCUT2D eigenvalue weighted by Gasteiger charge is 2.12. The smallest absolute Gasteiger partial charge is 0.0146 e. The maximum atomic E-state index is 2.31. The molecular weight excluding hydrogens is 184 g/mol. The van der Waals surface area contributed by atoms with E-state index in [0.29, 0.717) is 0 Å². The molecule has 0 bridgehead atoms. The third kappa shape index (κ3) is 5.36. The zero-order chi connectivity index (χ0) is 9.72. The molecule has 0 spiro atoms. The summed E-state index contributed by atoms with van der Waals surface area (Å²) < 4.78 is 0. The number of rotatable bonds is 5. The fourth-order valence-electron chi connectivity index (χ4n) is 0.397. The van der Waals surface area contributed by atoms with E-state index in [0.717, 1.165) is 22.3 Å². The normalized spacial score (nSPS) is 17.0. The second-order valence-electron chi connectivity index (χ2n) is 4.09. The summed E-state index contributed by atoms with van der Waals surface area (Å²) in [6.45, 7) is 13.8. The van der Waals surface area contributed by atoms with Gasteiger partial charge in [0.15, 0.2) is 0 Å². The lowest BCUT2D eigenvalue weighted by Crippen LogP contribution is -2.08. The van der Waals surface area contributed by atoms with Crippen molar-refractivity contribution in [3.8, 4) is 0 Å². The molecule has 0 rings (SSSR count). The van der Waals surface area contributed by atoms with Crippen LogP contribution in [0.15, 0.2) is 0 Å². The van der Waals surface area contributed by atoms with Crippen molar-refractivity contribution >= 4 is 21.6 Å². The molecule has 0 aliphatic carbocycles. The second-order valence-corrected chi connectivity index (χ2v) is 7.12. The van der Waals surface area contributed by atoms with E-state index in [4.69, 9.17) is 0 Å². The molecule has 0 aliphatic rings. The zero-order valence-corrected chi connectivity index (χ0v) is 10.8. The Bertz CT molecular complexity index is 96.4. The van der Waals surface area contributed by atoms with Crippen LogP contribution < -0.4 is 0 Å². The van der Waals surface area contributed by atoms with E-state index in [2.05, 4.69) is 41.5 Å². The molecule has 0 aromatic heterocycles. The maximum Gasteiger partial charge on any atom is 0.0146 e. The van der Waals surface area contributed by atoms with Crippen molar-refractivity contribution < 1.29 is 0 Å². The van der Waals surface area contributed by atoms with E-state index < -0.39 is 0 Å². The molecule has 0 saturated carbocycles. The van der Waals surface area contributed by atoms with Gasteiger partial charge in [0, 0.05) is 10.5 Å². The van der Waals surface area contributed by atoms with Gasteiger partial charge in [-0.1, -0.05) is 63.1 Å². The molecule has 2 atom stereocenters. The lowest BCUT2D eigenvalue weighted by atomic mass is 10.2. The standard InChI is InChI=1S/C10H22S2/c1-7(2)9(5)11-12-10(6)8(3)4/h7-10H,1-6H3. The minimum atomic E-state index is 0.774. The van der Waals surface area contributed by atoms with Crippen LogP contribution in [0.1, 0.15) is 41.5 Å². The van der Waals surface area contributed by atoms with Gasteiger partial charge in [-0.3, -0.25) is 0 Å². The Morgan fingerprint density at radius 1 is 0.583 bits per heavy atom. The van der Waals surface area contributed by atoms with Crippen LogP contribution in [0, 0.1) is 11.8 Å². The Hall–Kier alpha value is 0.700. The Morgan fingerprint density at radius 2 is 0.833 bits per heavy atom. The number of hydrogen-bond donors (Lipinski definition) is 0. The third-order valence-corrected chi connectivity index (χ3v) is 6.20. The topological polar surface area (TPSA) is 0 Å². The van der Waals surface area contributed by atoms with Crippen LogP contribution >= 0.6 is 21.6 Å². The van der Waals surface area contributed by atoms with Gasteiger partial charge in [-0.15, -0.1) is 0 Å². The summed E-state index contributed by atoms with van der Waals surface area (Å²) >= 11 is 0. The lowest BCUT2D eigenvalue weighted by Gasteiger charge is -2.19. The summed E-state index contributed by atoms with van der Waals surface area (Å²) in [5, 5.41) is 1.55. The summed E-state index contributed by atoms with van der Waals surface area (Å²) in [6.07, 6.45) is 0. The van der Waals surface area contributed by atoms with E-state index in [-0.39, 0.29) is 0 Å². The van der Waals surface area contributed by atoms with E-state index in [1.807, 2.05) is 21.6 Å². The van der Waals surface area contributed by atoms with Gasteiger partial charge in [0.2, 0.25) is 0 Å². The Kier molecular flexibility index (Phi) is 6.56. The molecule has 12 heavy (non-hydrogen) atoms. The molecule has 0 saturated heterocycles. The van der Waals surface area contributed by atoms with Crippen LogP contribution in [0.2, 0.25) is 0 Å². The third-order valence-electron chi connectivity index (χ3n) is 2.24. The van der Waals surface area contributed by atoms with E-state index in [9.17, 15) is 0 Å². The highest BCUT2D eigenvalue weighted by Crippen LogP contribution is 2.36. The van der Waals surface area contributed by atoms with Crippen molar-refractivity contribution in [1.82, 2.24) is 0 Å². The predicted molar refractivity (Wildman–Crippen MR) is 63.8 cm³/mol. The van der Waals surface area contributed by atoms with E-state index in [1.54, 1.807) is 0 Å². The fraction of sp³-hybridized carbons (Fsp3) is 1.00. The molecule has 2 heteroatoms. The summed E-state index contributed by atoms with van der Waals surface area (Å²) in [4.78, 5) is 0. The molecule has 0 fully saturated rings. The van der Waals surface area contributed by atoms with Crippen LogP contribution in [-0.2, 0) is 0 Å². The van der Waals surface area contributed by atoms with Gasteiger partial charge in [-0.2, -0.15) is 0 Å². The first-order valence-electron chi connectivity index (χ1n) is 4.77. The van der Waals surface area contributed by atoms with Crippen molar-refractivity contribution in [2.75, 3.05) is 0 Å². The molecule has 74 valence electrons. The van der Waals surface area contributed by atoms with Gasteiger partial charge >= 0.3 is 0 Å². The molecule has 0 N–H and O–H groups in total. The van der Waals surface area contributed by atoms with Gasteiger partial charge in [0.25, 0.3) is 0 Å². The molecule has 0 heterocycles. The van der Waals surface area contributed by atoms with Crippen molar-refractivity contribution in [1.29, 1.82) is 0 Å². The SMILES string of the molecule is CC(C)C(C)SSC(C)C(C)C. The summed E-state index contributed by atoms with van der Waals surface area (Å²) in [6, 6.07) is 0. The molecule has 0 amide bonds. The zero-order valence-electron chi connectivity index (χ0n) is 9.13. The molecule has 0 aromatic carbocycles. The van der Waals surface area contributed by atoms with Crippen molar-refractivity contribution in [2.24, 2.45) is 11.8 Å². The molecule has 2 unspecified atom stereocenters. The maximum absolute atomic E-state index is 2.31. The van der Waals surface area contributed by atoms with E-state index >= 15 is 0 Å². The van der Waals surface area contributed by atoms with Gasteiger partial charge in [0.05, 0.1) is 0 Å². The molecular formula is C10H22S2. The summed E-state index contributed by atoms with van der Waals surface area (Å²) in [5.41, 5.74) is 0. The first-order chi connectivity index (χ1) is 5.45. The van der Waals surface area contributed by atoms with Gasteiger partial charge in [-0.05, 0) is 11.8 Å². The molecule has 0 aromatic rings. The Morgan fingerprint density at radius 3 is 1.00 bits per heavy atom. The first-order valence-corrected chi connectivity index (χ1v) is 7.04. The minimum Gasteiger partial charge on any atom is -0.0905 e. The largest absolute Gasteiger partial charge is 0.0905 e. The van der Waals surface area contributed by atoms with Gasteiger partial charge in [-0.25, -0.2) is 0 Å². The van der Waals surface area contributed by atoms with E-state index in [1.165, 1.54) is 0 Å². The molecule has 0 nitrogen and oxygen atoms in total. The monoisotopic (exact) mass is 206 g/mol. The highest BCUT2D eigenvalue weighted by molar-refractivity contribution is 8.77. The first kappa shape index (κ1) is 12.7. The Labute approximate surface area is 85.7 Å². The van der Waals surface area contributed by atoms with Crippen LogP contribution in [0.4, 0.5) is 0 Å². The Balaban J connectivity index is 3.54. The summed E-state index contributed by atoms with van der Waals surface area (Å²) in [5.74, 6) is 1.59. The fourth-order valence-corrected chi connectivity index (χ4v) is 3.58. The second kappa shape index (κ2) is 6.20. The van der Waals surface area contributed by atoms with Gasteiger partial charge < -0.3 is 0 Å². The number of hydrogen-bond acceptors (Lipinski definition) is 2. The van der Waals surface area contributed by atoms with Crippen molar-refractivity contribution in [3.63, 3.8) is 0 Å². The average Bonchev–Trinajstić information content (AvgIpc) is 1.98.